The van der Waals surface area contributed by atoms with Crippen LogP contribution in [0.4, 0.5) is 5.13 Å². The molecule has 2 N–H and O–H groups in total. The van der Waals surface area contributed by atoms with E-state index in [9.17, 15) is 0 Å². The van der Waals surface area contributed by atoms with Gasteiger partial charge in [0.05, 0.1) is 0 Å². The summed E-state index contributed by atoms with van der Waals surface area (Å²) in [6, 6.07) is 0. The first-order chi connectivity index (χ1) is 7.66. The van der Waals surface area contributed by atoms with Crippen LogP contribution in [0.2, 0.25) is 0 Å². The number of nitrogens with zero attached hydrogens (tertiary/aromatic N) is 3. The van der Waals surface area contributed by atoms with E-state index in [0.717, 1.165) is 18.8 Å². The zero-order valence-corrected chi connectivity index (χ0v) is 10.4. The van der Waals surface area contributed by atoms with Crippen LogP contribution in [0.1, 0.15) is 30.5 Å². The van der Waals surface area contributed by atoms with Gasteiger partial charge in [-0.1, -0.05) is 13.8 Å². The summed E-state index contributed by atoms with van der Waals surface area (Å²) in [4.78, 5) is 9.63. The molecule has 2 rings (SSSR count). The van der Waals surface area contributed by atoms with Crippen molar-refractivity contribution < 1.29 is 0 Å². The highest BCUT2D eigenvalue weighted by Gasteiger charge is 2.07. The summed E-state index contributed by atoms with van der Waals surface area (Å²) in [6.45, 7) is 5.25. The van der Waals surface area contributed by atoms with Crippen LogP contribution in [0.15, 0.2) is 18.6 Å². The minimum absolute atomic E-state index is 0.460. The molecule has 0 unspecified atom stereocenters. The summed E-state index contributed by atoms with van der Waals surface area (Å²) in [5.74, 6) is 1.60. The summed E-state index contributed by atoms with van der Waals surface area (Å²) in [6.07, 6.45) is 6.70. The Kier molecular flexibility index (Phi) is 3.24. The molecule has 0 spiro atoms. The summed E-state index contributed by atoms with van der Waals surface area (Å²) >= 11 is 1.56. The zero-order valence-electron chi connectivity index (χ0n) is 9.55. The number of thiazole rings is 1. The molecular weight excluding hydrogens is 220 g/mol. The van der Waals surface area contributed by atoms with Gasteiger partial charge in [0.1, 0.15) is 5.82 Å². The third-order valence-electron chi connectivity index (χ3n) is 2.43. The number of rotatable bonds is 4. The highest BCUT2D eigenvalue weighted by atomic mass is 32.1. The highest BCUT2D eigenvalue weighted by molar-refractivity contribution is 7.15. The molecule has 86 valence electrons. The Morgan fingerprint density at radius 2 is 2.25 bits per heavy atom. The van der Waals surface area contributed by atoms with Gasteiger partial charge in [0.2, 0.25) is 0 Å². The van der Waals surface area contributed by atoms with Gasteiger partial charge < -0.3 is 10.3 Å². The molecule has 0 saturated carbocycles. The van der Waals surface area contributed by atoms with Gasteiger partial charge in [-0.25, -0.2) is 9.97 Å². The van der Waals surface area contributed by atoms with E-state index in [-0.39, 0.29) is 0 Å². The highest BCUT2D eigenvalue weighted by Crippen LogP contribution is 2.17. The predicted molar refractivity (Wildman–Crippen MR) is 66.5 cm³/mol. The van der Waals surface area contributed by atoms with Crippen LogP contribution < -0.4 is 5.73 Å². The van der Waals surface area contributed by atoms with E-state index < -0.39 is 0 Å². The van der Waals surface area contributed by atoms with Gasteiger partial charge in [-0.3, -0.25) is 0 Å². The molecule has 0 aliphatic carbocycles. The first kappa shape index (κ1) is 11.1. The van der Waals surface area contributed by atoms with Gasteiger partial charge in [0, 0.05) is 42.4 Å². The maximum absolute atomic E-state index is 5.59. The summed E-state index contributed by atoms with van der Waals surface area (Å²) in [5, 5.41) is 0.643. The van der Waals surface area contributed by atoms with Crippen molar-refractivity contribution in [3.05, 3.63) is 29.3 Å². The normalized spacial score (nSPS) is 11.2. The Labute approximate surface area is 99.2 Å². The minimum atomic E-state index is 0.460. The number of hydrogen-bond acceptors (Lipinski definition) is 4. The monoisotopic (exact) mass is 236 g/mol. The molecule has 0 aliphatic heterocycles. The molecule has 16 heavy (non-hydrogen) atoms. The van der Waals surface area contributed by atoms with Crippen molar-refractivity contribution in [2.24, 2.45) is 0 Å². The Balaban J connectivity index is 2.02. The molecule has 4 nitrogen and oxygen atoms in total. The quantitative estimate of drug-likeness (QED) is 0.886. The largest absolute Gasteiger partial charge is 0.375 e. The minimum Gasteiger partial charge on any atom is -0.375 e. The van der Waals surface area contributed by atoms with Crippen molar-refractivity contribution in [1.82, 2.24) is 14.5 Å². The molecule has 0 aliphatic rings. The van der Waals surface area contributed by atoms with Gasteiger partial charge in [0.25, 0.3) is 0 Å². The second-order valence-corrected chi connectivity index (χ2v) is 5.20. The standard InChI is InChI=1S/C11H16N4S/c1-8(2)10-13-4-6-15(10)5-3-9-7-14-11(12)16-9/h4,6-8H,3,5H2,1-2H3,(H2,12,14). The number of anilines is 1. The molecule has 2 aromatic heterocycles. The van der Waals surface area contributed by atoms with Crippen LogP contribution in [-0.2, 0) is 13.0 Å². The number of aromatic nitrogens is 3. The topological polar surface area (TPSA) is 56.7 Å². The third kappa shape index (κ3) is 2.41. The Morgan fingerprint density at radius 1 is 1.44 bits per heavy atom. The molecule has 0 amide bonds. The van der Waals surface area contributed by atoms with E-state index in [1.165, 1.54) is 4.88 Å². The number of hydrogen-bond donors (Lipinski definition) is 1. The number of nitrogens with two attached hydrogens (primary N) is 1. The fourth-order valence-corrected chi connectivity index (χ4v) is 2.35. The molecular formula is C11H16N4S. The van der Waals surface area contributed by atoms with Crippen LogP contribution in [-0.4, -0.2) is 14.5 Å². The van der Waals surface area contributed by atoms with Crippen LogP contribution in [0.5, 0.6) is 0 Å². The molecule has 2 aromatic rings. The fourth-order valence-electron chi connectivity index (χ4n) is 1.68. The van der Waals surface area contributed by atoms with E-state index in [4.69, 9.17) is 5.73 Å². The van der Waals surface area contributed by atoms with Gasteiger partial charge in [-0.05, 0) is 0 Å². The van der Waals surface area contributed by atoms with Crippen LogP contribution in [0.25, 0.3) is 0 Å². The Bertz CT molecular complexity index is 458. The fraction of sp³-hybridized carbons (Fsp3) is 0.455. The smallest absolute Gasteiger partial charge is 0.180 e. The molecule has 0 fully saturated rings. The Morgan fingerprint density at radius 3 is 2.88 bits per heavy atom. The van der Waals surface area contributed by atoms with E-state index in [2.05, 4.69) is 28.4 Å². The first-order valence-electron chi connectivity index (χ1n) is 5.38. The zero-order chi connectivity index (χ0) is 11.5. The lowest BCUT2D eigenvalue weighted by Gasteiger charge is -2.09. The van der Waals surface area contributed by atoms with Crippen LogP contribution in [0, 0.1) is 0 Å². The van der Waals surface area contributed by atoms with Gasteiger partial charge in [0.15, 0.2) is 5.13 Å². The molecule has 0 bridgehead atoms. The number of nitrogen functional groups attached to an aromatic ring is 1. The lowest BCUT2D eigenvalue weighted by Crippen LogP contribution is -2.06. The van der Waals surface area contributed by atoms with Crippen LogP contribution in [0.3, 0.4) is 0 Å². The van der Waals surface area contributed by atoms with Crippen molar-refractivity contribution in [1.29, 1.82) is 0 Å². The second-order valence-electron chi connectivity index (χ2n) is 4.05. The number of imidazole rings is 1. The van der Waals surface area contributed by atoms with Crippen molar-refractivity contribution in [3.63, 3.8) is 0 Å². The summed E-state index contributed by atoms with van der Waals surface area (Å²) < 4.78 is 2.20. The number of aryl methyl sites for hydroxylation is 2. The van der Waals surface area contributed by atoms with Gasteiger partial charge >= 0.3 is 0 Å². The average Bonchev–Trinajstić information content (AvgIpc) is 2.83. The maximum Gasteiger partial charge on any atom is 0.180 e. The maximum atomic E-state index is 5.59. The van der Waals surface area contributed by atoms with Crippen molar-refractivity contribution in [2.75, 3.05) is 5.73 Å². The lowest BCUT2D eigenvalue weighted by atomic mass is 10.2. The molecule has 0 saturated heterocycles. The van der Waals surface area contributed by atoms with E-state index in [0.29, 0.717) is 11.0 Å². The van der Waals surface area contributed by atoms with Crippen molar-refractivity contribution >= 4 is 16.5 Å². The lowest BCUT2D eigenvalue weighted by molar-refractivity contribution is 0.622. The molecule has 0 aromatic carbocycles. The molecule has 0 radical (unpaired) electrons. The predicted octanol–water partition coefficient (Wildman–Crippen LogP) is 2.29. The first-order valence-corrected chi connectivity index (χ1v) is 6.19. The van der Waals surface area contributed by atoms with Gasteiger partial charge in [-0.2, -0.15) is 0 Å². The average molecular weight is 236 g/mol. The third-order valence-corrected chi connectivity index (χ3v) is 3.32. The van der Waals surface area contributed by atoms with Crippen molar-refractivity contribution in [3.8, 4) is 0 Å². The van der Waals surface area contributed by atoms with Gasteiger partial charge in [-0.15, -0.1) is 11.3 Å². The molecule has 5 heteroatoms. The summed E-state index contributed by atoms with van der Waals surface area (Å²) in [7, 11) is 0. The molecule has 0 atom stereocenters. The van der Waals surface area contributed by atoms with E-state index in [1.807, 2.05) is 18.6 Å². The van der Waals surface area contributed by atoms with Crippen LogP contribution >= 0.6 is 11.3 Å². The SMILES string of the molecule is CC(C)c1nccn1CCc1cnc(N)s1. The van der Waals surface area contributed by atoms with E-state index in [1.54, 1.807) is 11.3 Å². The van der Waals surface area contributed by atoms with E-state index >= 15 is 0 Å². The Hall–Kier alpha value is -1.36. The summed E-state index contributed by atoms with van der Waals surface area (Å²) in [5.41, 5.74) is 5.59. The molecule has 2 heterocycles. The van der Waals surface area contributed by atoms with Crippen molar-refractivity contribution in [2.45, 2.75) is 32.7 Å². The second kappa shape index (κ2) is 4.65.